The first kappa shape index (κ1) is 26.4. The maximum atomic E-state index is 10.6. The maximum Gasteiger partial charge on any atom is 0.118 e. The Kier molecular flexibility index (Phi) is 8.78. The third-order valence-corrected chi connectivity index (χ3v) is 9.44. The number of allylic oxidation sites excluding steroid dienone is 3. The zero-order chi connectivity index (χ0) is 25.0. The predicted molar refractivity (Wildman–Crippen MR) is 141 cm³/mol. The summed E-state index contributed by atoms with van der Waals surface area (Å²) in [6.45, 7) is 4.97. The molecule has 7 atom stereocenters. The summed E-state index contributed by atoms with van der Waals surface area (Å²) in [4.78, 5) is 0. The summed E-state index contributed by atoms with van der Waals surface area (Å²) in [6, 6.07) is 7.78. The largest absolute Gasteiger partial charge is 0.497 e. The van der Waals surface area contributed by atoms with Gasteiger partial charge in [-0.3, -0.25) is 0 Å². The second kappa shape index (κ2) is 11.6. The van der Waals surface area contributed by atoms with Gasteiger partial charge in [0.2, 0.25) is 0 Å². The topological polar surface area (TPSA) is 69.9 Å². The van der Waals surface area contributed by atoms with Gasteiger partial charge in [-0.2, -0.15) is 0 Å². The molecule has 0 amide bonds. The van der Waals surface area contributed by atoms with Crippen molar-refractivity contribution in [2.24, 2.45) is 23.2 Å². The molecule has 0 aromatic heterocycles. The van der Waals surface area contributed by atoms with Crippen LogP contribution in [0.25, 0.3) is 0 Å². The van der Waals surface area contributed by atoms with Gasteiger partial charge in [0.05, 0.1) is 25.4 Å². The SMILES string of the molecule is COc1ccc([C@@H](O)CCC[C@@H](C)[C@H]2CC[C@H]3/C(=C/C=C4C[C@@H](O)C[C@H](O)C4)CCC[C@]23C)cc1. The Labute approximate surface area is 212 Å². The van der Waals surface area contributed by atoms with Crippen molar-refractivity contribution < 1.29 is 20.1 Å². The third kappa shape index (κ3) is 6.21. The van der Waals surface area contributed by atoms with Gasteiger partial charge in [0.15, 0.2) is 0 Å². The third-order valence-electron chi connectivity index (χ3n) is 9.44. The van der Waals surface area contributed by atoms with Crippen molar-refractivity contribution in [2.75, 3.05) is 7.11 Å². The Balaban J connectivity index is 1.33. The first-order valence-electron chi connectivity index (χ1n) is 13.9. The molecule has 0 saturated heterocycles. The van der Waals surface area contributed by atoms with Gasteiger partial charge in [-0.25, -0.2) is 0 Å². The van der Waals surface area contributed by atoms with Crippen LogP contribution >= 0.6 is 0 Å². The van der Waals surface area contributed by atoms with Crippen molar-refractivity contribution >= 4 is 0 Å². The fourth-order valence-corrected chi connectivity index (χ4v) is 7.57. The second-order valence-corrected chi connectivity index (χ2v) is 11.8. The summed E-state index contributed by atoms with van der Waals surface area (Å²) in [5, 5.41) is 30.7. The predicted octanol–water partition coefficient (Wildman–Crippen LogP) is 6.51. The van der Waals surface area contributed by atoms with Crippen LogP contribution in [-0.2, 0) is 0 Å². The molecular weight excluding hydrogens is 436 g/mol. The summed E-state index contributed by atoms with van der Waals surface area (Å²) in [5.74, 6) is 2.88. The van der Waals surface area contributed by atoms with Gasteiger partial charge >= 0.3 is 0 Å². The fraction of sp³-hybridized carbons (Fsp3) is 0.677. The quantitative estimate of drug-likeness (QED) is 0.395. The van der Waals surface area contributed by atoms with Gasteiger partial charge in [-0.1, -0.05) is 62.1 Å². The molecule has 0 bridgehead atoms. The smallest absolute Gasteiger partial charge is 0.118 e. The highest BCUT2D eigenvalue weighted by molar-refractivity contribution is 5.28. The number of fused-ring (bicyclic) bond motifs is 1. The molecule has 4 heteroatoms. The Hall–Kier alpha value is -1.62. The van der Waals surface area contributed by atoms with Crippen LogP contribution in [-0.4, -0.2) is 34.6 Å². The van der Waals surface area contributed by atoms with Crippen molar-refractivity contribution in [3.63, 3.8) is 0 Å². The number of benzene rings is 1. The van der Waals surface area contributed by atoms with Crippen LogP contribution < -0.4 is 4.74 Å². The highest BCUT2D eigenvalue weighted by Crippen LogP contribution is 2.60. The second-order valence-electron chi connectivity index (χ2n) is 11.8. The summed E-state index contributed by atoms with van der Waals surface area (Å²) in [5.41, 5.74) is 4.11. The summed E-state index contributed by atoms with van der Waals surface area (Å²) in [7, 11) is 1.66. The minimum Gasteiger partial charge on any atom is -0.497 e. The molecule has 3 fully saturated rings. The van der Waals surface area contributed by atoms with Crippen LogP contribution in [0.2, 0.25) is 0 Å². The van der Waals surface area contributed by atoms with E-state index in [0.29, 0.717) is 36.5 Å². The molecule has 4 rings (SSSR count). The van der Waals surface area contributed by atoms with Crippen LogP contribution in [0.4, 0.5) is 0 Å². The van der Waals surface area contributed by atoms with Gasteiger partial charge in [0.1, 0.15) is 5.75 Å². The maximum absolute atomic E-state index is 10.6. The molecule has 3 aliphatic rings. The molecule has 35 heavy (non-hydrogen) atoms. The standard InChI is InChI=1S/C31H46O4/c1-21(6-4-8-30(34)24-11-13-27(35-3)14-12-24)28-15-16-29-23(7-5-17-31(28,29)2)10-9-22-18-25(32)20-26(33)19-22/h9-14,21,25-26,28-30,32-34H,4-8,15-20H2,1-3H3/b23-10+/t21-,25-,26-,28-,29+,30+,31-/m1/s1. The van der Waals surface area contributed by atoms with Crippen LogP contribution in [0.1, 0.15) is 96.1 Å². The zero-order valence-corrected chi connectivity index (χ0v) is 22.0. The normalized spacial score (nSPS) is 33.9. The van der Waals surface area contributed by atoms with Crippen molar-refractivity contribution in [1.82, 2.24) is 0 Å². The van der Waals surface area contributed by atoms with E-state index in [2.05, 4.69) is 26.0 Å². The summed E-state index contributed by atoms with van der Waals surface area (Å²) in [6.07, 6.45) is 14.6. The Morgan fingerprint density at radius 2 is 1.77 bits per heavy atom. The van der Waals surface area contributed by atoms with Gasteiger partial charge < -0.3 is 20.1 Å². The average Bonchev–Trinajstić information content (AvgIpc) is 3.19. The molecule has 3 saturated carbocycles. The lowest BCUT2D eigenvalue weighted by Crippen LogP contribution is -2.36. The molecule has 0 aliphatic heterocycles. The van der Waals surface area contributed by atoms with Crippen LogP contribution in [0.3, 0.4) is 0 Å². The van der Waals surface area contributed by atoms with E-state index in [1.807, 2.05) is 24.3 Å². The van der Waals surface area contributed by atoms with E-state index >= 15 is 0 Å². The minimum atomic E-state index is -0.408. The number of hydrogen-bond donors (Lipinski definition) is 3. The average molecular weight is 483 g/mol. The molecule has 3 N–H and O–H groups in total. The minimum absolute atomic E-state index is 0.363. The molecule has 194 valence electrons. The number of aliphatic hydroxyl groups is 3. The molecule has 1 aromatic rings. The molecule has 0 heterocycles. The van der Waals surface area contributed by atoms with Crippen molar-refractivity contribution in [1.29, 1.82) is 0 Å². The monoisotopic (exact) mass is 482 g/mol. The van der Waals surface area contributed by atoms with Gasteiger partial charge in [-0.05, 0) is 98.7 Å². The van der Waals surface area contributed by atoms with Gasteiger partial charge in [-0.15, -0.1) is 0 Å². The zero-order valence-electron chi connectivity index (χ0n) is 22.0. The fourth-order valence-electron chi connectivity index (χ4n) is 7.57. The van der Waals surface area contributed by atoms with Crippen LogP contribution in [0, 0.1) is 23.2 Å². The lowest BCUT2D eigenvalue weighted by molar-refractivity contribution is 0.0609. The molecule has 3 aliphatic carbocycles. The Morgan fingerprint density at radius 1 is 1.06 bits per heavy atom. The number of hydrogen-bond acceptors (Lipinski definition) is 4. The van der Waals surface area contributed by atoms with Crippen molar-refractivity contribution in [3.8, 4) is 5.75 Å². The van der Waals surface area contributed by atoms with E-state index in [0.717, 1.165) is 30.1 Å². The number of rotatable bonds is 8. The number of methoxy groups -OCH3 is 1. The van der Waals surface area contributed by atoms with E-state index in [1.54, 1.807) is 12.7 Å². The van der Waals surface area contributed by atoms with E-state index < -0.39 is 18.3 Å². The van der Waals surface area contributed by atoms with E-state index in [1.165, 1.54) is 44.1 Å². The molecule has 4 nitrogen and oxygen atoms in total. The summed E-state index contributed by atoms with van der Waals surface area (Å²) >= 11 is 0. The van der Waals surface area contributed by atoms with Gasteiger partial charge in [0, 0.05) is 0 Å². The molecule has 0 unspecified atom stereocenters. The first-order chi connectivity index (χ1) is 16.8. The molecular formula is C31H46O4. The van der Waals surface area contributed by atoms with Crippen molar-refractivity contribution in [2.45, 2.75) is 103 Å². The Morgan fingerprint density at radius 3 is 2.46 bits per heavy atom. The molecule has 0 spiro atoms. The highest BCUT2D eigenvalue weighted by Gasteiger charge is 2.50. The number of ether oxygens (including phenoxy) is 1. The first-order valence-corrected chi connectivity index (χ1v) is 13.9. The van der Waals surface area contributed by atoms with E-state index in [4.69, 9.17) is 4.74 Å². The Bertz CT molecular complexity index is 876. The molecule has 1 aromatic carbocycles. The lowest BCUT2D eigenvalue weighted by Gasteiger charge is -2.44. The lowest BCUT2D eigenvalue weighted by atomic mass is 9.60. The number of aliphatic hydroxyl groups excluding tert-OH is 3. The highest BCUT2D eigenvalue weighted by atomic mass is 16.5. The van der Waals surface area contributed by atoms with Crippen molar-refractivity contribution in [3.05, 3.63) is 53.1 Å². The molecule has 0 radical (unpaired) electrons. The van der Waals surface area contributed by atoms with Crippen LogP contribution in [0.5, 0.6) is 5.75 Å². The van der Waals surface area contributed by atoms with E-state index in [-0.39, 0.29) is 0 Å². The summed E-state index contributed by atoms with van der Waals surface area (Å²) < 4.78 is 5.22. The van der Waals surface area contributed by atoms with E-state index in [9.17, 15) is 15.3 Å². The van der Waals surface area contributed by atoms with Crippen LogP contribution in [0.15, 0.2) is 47.6 Å². The van der Waals surface area contributed by atoms with Gasteiger partial charge in [0.25, 0.3) is 0 Å².